The number of benzene rings is 2. The van der Waals surface area contributed by atoms with Crippen LogP contribution in [0.15, 0.2) is 60.8 Å². The Morgan fingerprint density at radius 3 is 2.64 bits per heavy atom. The fraction of sp³-hybridized carbons (Fsp3) is 0.100. The molecule has 0 fully saturated rings. The van der Waals surface area contributed by atoms with Crippen LogP contribution < -0.4 is 5.32 Å². The van der Waals surface area contributed by atoms with Crippen LogP contribution in [-0.2, 0) is 6.54 Å². The highest BCUT2D eigenvalue weighted by Gasteiger charge is 2.18. The van der Waals surface area contributed by atoms with Crippen LogP contribution in [0, 0.1) is 24.1 Å². The molecule has 3 rings (SSSR count). The first-order chi connectivity index (χ1) is 12.1. The Balaban J connectivity index is 1.88. The van der Waals surface area contributed by atoms with Gasteiger partial charge in [-0.25, -0.2) is 4.39 Å². The number of amides is 1. The van der Waals surface area contributed by atoms with Crippen molar-refractivity contribution in [1.82, 2.24) is 9.88 Å². The van der Waals surface area contributed by atoms with E-state index in [0.717, 1.165) is 16.8 Å². The number of nitrogens with one attached hydrogen (secondary N) is 1. The van der Waals surface area contributed by atoms with E-state index in [9.17, 15) is 14.4 Å². The maximum Gasteiger partial charge on any atom is 0.269 e. The standard InChI is InChI=1S/C20H16FN3O/c1-14-3-2-4-18(11-14)24-10-9-16(12-22)19(24)20(25)23-13-15-5-7-17(21)8-6-15/h2-11H,13H2,1H3,(H,23,25). The molecule has 1 N–H and O–H groups in total. The van der Waals surface area contributed by atoms with Crippen LogP contribution in [0.2, 0.25) is 0 Å². The Labute approximate surface area is 145 Å². The van der Waals surface area contributed by atoms with E-state index in [0.29, 0.717) is 5.56 Å². The lowest BCUT2D eigenvalue weighted by molar-refractivity contribution is 0.0944. The number of nitriles is 1. The van der Waals surface area contributed by atoms with Crippen molar-refractivity contribution in [3.63, 3.8) is 0 Å². The third-order valence-corrected chi connectivity index (χ3v) is 3.87. The monoisotopic (exact) mass is 333 g/mol. The van der Waals surface area contributed by atoms with E-state index in [2.05, 4.69) is 11.4 Å². The highest BCUT2D eigenvalue weighted by Crippen LogP contribution is 2.18. The molecule has 4 nitrogen and oxygen atoms in total. The van der Waals surface area contributed by atoms with Gasteiger partial charge in [-0.3, -0.25) is 4.79 Å². The summed E-state index contributed by atoms with van der Waals surface area (Å²) in [5.41, 5.74) is 3.24. The fourth-order valence-corrected chi connectivity index (χ4v) is 2.62. The van der Waals surface area contributed by atoms with Crippen molar-refractivity contribution < 1.29 is 9.18 Å². The molecule has 0 bridgehead atoms. The number of hydrogen-bond donors (Lipinski definition) is 1. The molecule has 0 aliphatic heterocycles. The average Bonchev–Trinajstić information content (AvgIpc) is 3.05. The van der Waals surface area contributed by atoms with Crippen molar-refractivity contribution in [2.45, 2.75) is 13.5 Å². The quantitative estimate of drug-likeness (QED) is 0.791. The van der Waals surface area contributed by atoms with E-state index >= 15 is 0 Å². The lowest BCUT2D eigenvalue weighted by atomic mass is 10.2. The summed E-state index contributed by atoms with van der Waals surface area (Å²) in [4.78, 5) is 12.6. The minimum atomic E-state index is -0.354. The Bertz CT molecular complexity index is 952. The molecule has 2 aromatic carbocycles. The molecule has 0 spiro atoms. The summed E-state index contributed by atoms with van der Waals surface area (Å²) in [5, 5.41) is 12.1. The number of aryl methyl sites for hydroxylation is 1. The van der Waals surface area contributed by atoms with Crippen molar-refractivity contribution in [2.75, 3.05) is 0 Å². The lowest BCUT2D eigenvalue weighted by Crippen LogP contribution is -2.26. The number of carbonyl (C=O) groups excluding carboxylic acids is 1. The molecule has 0 atom stereocenters. The molecule has 0 saturated heterocycles. The zero-order chi connectivity index (χ0) is 17.8. The van der Waals surface area contributed by atoms with Gasteiger partial charge in [0, 0.05) is 18.4 Å². The third kappa shape index (κ3) is 3.59. The Hall–Kier alpha value is -3.39. The van der Waals surface area contributed by atoms with Gasteiger partial charge in [-0.05, 0) is 48.4 Å². The zero-order valence-corrected chi connectivity index (χ0v) is 13.7. The van der Waals surface area contributed by atoms with Gasteiger partial charge in [-0.1, -0.05) is 24.3 Å². The summed E-state index contributed by atoms with van der Waals surface area (Å²) in [6, 6.07) is 17.3. The average molecular weight is 333 g/mol. The largest absolute Gasteiger partial charge is 0.347 e. The SMILES string of the molecule is Cc1cccc(-n2ccc(C#N)c2C(=O)NCc2ccc(F)cc2)c1. The smallest absolute Gasteiger partial charge is 0.269 e. The molecule has 25 heavy (non-hydrogen) atoms. The summed E-state index contributed by atoms with van der Waals surface area (Å²) in [6.45, 7) is 2.22. The van der Waals surface area contributed by atoms with Gasteiger partial charge in [-0.15, -0.1) is 0 Å². The number of rotatable bonds is 4. The van der Waals surface area contributed by atoms with Crippen LogP contribution in [0.1, 0.15) is 27.2 Å². The minimum absolute atomic E-state index is 0.253. The second-order valence-electron chi connectivity index (χ2n) is 5.71. The predicted molar refractivity (Wildman–Crippen MR) is 92.8 cm³/mol. The van der Waals surface area contributed by atoms with Gasteiger partial charge in [0.05, 0.1) is 5.56 Å². The van der Waals surface area contributed by atoms with Gasteiger partial charge in [0.15, 0.2) is 0 Å². The molecule has 0 radical (unpaired) electrons. The maximum absolute atomic E-state index is 13.0. The van der Waals surface area contributed by atoms with Crippen LogP contribution >= 0.6 is 0 Å². The van der Waals surface area contributed by atoms with Crippen LogP contribution in [0.5, 0.6) is 0 Å². The van der Waals surface area contributed by atoms with Gasteiger partial charge in [-0.2, -0.15) is 5.26 Å². The van der Waals surface area contributed by atoms with Gasteiger partial charge in [0.25, 0.3) is 5.91 Å². The Morgan fingerprint density at radius 2 is 1.96 bits per heavy atom. The fourth-order valence-electron chi connectivity index (χ4n) is 2.62. The second kappa shape index (κ2) is 7.02. The molecule has 3 aromatic rings. The summed E-state index contributed by atoms with van der Waals surface area (Å²) in [5.74, 6) is -0.678. The molecule has 0 saturated carbocycles. The van der Waals surface area contributed by atoms with E-state index in [-0.39, 0.29) is 24.0 Å². The molecular weight excluding hydrogens is 317 g/mol. The van der Waals surface area contributed by atoms with Gasteiger partial charge in [0.2, 0.25) is 0 Å². The lowest BCUT2D eigenvalue weighted by Gasteiger charge is -2.11. The van der Waals surface area contributed by atoms with E-state index in [1.165, 1.54) is 12.1 Å². The Morgan fingerprint density at radius 1 is 1.20 bits per heavy atom. The molecule has 1 aromatic heterocycles. The summed E-state index contributed by atoms with van der Waals surface area (Å²) < 4.78 is 14.7. The highest BCUT2D eigenvalue weighted by atomic mass is 19.1. The van der Waals surface area contributed by atoms with Crippen LogP contribution in [-0.4, -0.2) is 10.5 Å². The summed E-state index contributed by atoms with van der Waals surface area (Å²) >= 11 is 0. The van der Waals surface area contributed by atoms with Crippen molar-refractivity contribution in [2.24, 2.45) is 0 Å². The molecule has 5 heteroatoms. The van der Waals surface area contributed by atoms with Crippen molar-refractivity contribution in [3.8, 4) is 11.8 Å². The third-order valence-electron chi connectivity index (χ3n) is 3.87. The first kappa shape index (κ1) is 16.5. The van der Waals surface area contributed by atoms with Gasteiger partial charge in [0.1, 0.15) is 17.6 Å². The molecule has 0 unspecified atom stereocenters. The van der Waals surface area contributed by atoms with E-state index in [1.54, 1.807) is 29.0 Å². The minimum Gasteiger partial charge on any atom is -0.347 e. The predicted octanol–water partition coefficient (Wildman–Crippen LogP) is 3.73. The highest BCUT2D eigenvalue weighted by molar-refractivity contribution is 5.95. The number of hydrogen-bond acceptors (Lipinski definition) is 2. The zero-order valence-electron chi connectivity index (χ0n) is 13.7. The first-order valence-electron chi connectivity index (χ1n) is 7.79. The van der Waals surface area contributed by atoms with Crippen LogP contribution in [0.4, 0.5) is 4.39 Å². The van der Waals surface area contributed by atoms with Crippen molar-refractivity contribution in [1.29, 1.82) is 5.26 Å². The Kier molecular flexibility index (Phi) is 4.62. The number of halogens is 1. The van der Waals surface area contributed by atoms with Crippen molar-refractivity contribution >= 4 is 5.91 Å². The summed E-state index contributed by atoms with van der Waals surface area (Å²) in [6.07, 6.45) is 1.71. The van der Waals surface area contributed by atoms with Crippen molar-refractivity contribution in [3.05, 3.63) is 89.0 Å². The van der Waals surface area contributed by atoms with E-state index < -0.39 is 0 Å². The molecular formula is C20H16FN3O. The molecule has 0 aliphatic carbocycles. The molecule has 1 amide bonds. The molecule has 124 valence electrons. The first-order valence-corrected chi connectivity index (χ1v) is 7.79. The number of nitrogens with zero attached hydrogens (tertiary/aromatic N) is 2. The van der Waals surface area contributed by atoms with Gasteiger partial charge >= 0.3 is 0 Å². The summed E-state index contributed by atoms with van der Waals surface area (Å²) in [7, 11) is 0. The van der Waals surface area contributed by atoms with E-state index in [4.69, 9.17) is 0 Å². The van der Waals surface area contributed by atoms with Crippen LogP contribution in [0.25, 0.3) is 5.69 Å². The second-order valence-corrected chi connectivity index (χ2v) is 5.71. The van der Waals surface area contributed by atoms with Crippen LogP contribution in [0.3, 0.4) is 0 Å². The topological polar surface area (TPSA) is 57.8 Å². The number of aromatic nitrogens is 1. The van der Waals surface area contributed by atoms with Gasteiger partial charge < -0.3 is 9.88 Å². The van der Waals surface area contributed by atoms with E-state index in [1.807, 2.05) is 31.2 Å². The molecule has 0 aliphatic rings. The maximum atomic E-state index is 13.0. The molecule has 1 heterocycles. The normalized spacial score (nSPS) is 10.3. The number of carbonyl (C=O) groups is 1.